The molecule has 5 N–H and O–H groups in total. The third kappa shape index (κ3) is 9.12. The number of hydrogen-bond acceptors (Lipinski definition) is 9. The van der Waals surface area contributed by atoms with Crippen LogP contribution in [0.15, 0.2) is 11.6 Å². The monoisotopic (exact) mass is 690 g/mol. The molecule has 0 saturated heterocycles. The second-order valence-electron chi connectivity index (χ2n) is 15.7. The minimum Gasteiger partial charge on any atom is -0.377 e. The lowest BCUT2D eigenvalue weighted by atomic mass is 9.47. The van der Waals surface area contributed by atoms with E-state index in [-0.39, 0.29) is 19.3 Å². The van der Waals surface area contributed by atoms with Crippen molar-refractivity contribution in [1.29, 1.82) is 0 Å². The fourth-order valence-electron chi connectivity index (χ4n) is 9.91. The first-order valence-electron chi connectivity index (χ1n) is 18.0. The van der Waals surface area contributed by atoms with Crippen LogP contribution < -0.4 is 0 Å². The van der Waals surface area contributed by atoms with E-state index in [2.05, 4.69) is 40.7 Å². The van der Waals surface area contributed by atoms with Crippen LogP contribution in [-0.2, 0) is 18.9 Å². The summed E-state index contributed by atoms with van der Waals surface area (Å²) in [7, 11) is -5.93. The molecule has 0 aromatic rings. The topological polar surface area (TPSA) is 138 Å². The maximum Gasteiger partial charge on any atom is 0.226 e. The maximum absolute atomic E-state index is 9.85. The largest absolute Gasteiger partial charge is 0.377 e. The van der Waals surface area contributed by atoms with Gasteiger partial charge in [0.15, 0.2) is 0 Å². The first kappa shape index (κ1) is 39.0. The number of aliphatic hydroxyl groups is 1. The average Bonchev–Trinajstić information content (AvgIpc) is 3.36. The molecule has 8 unspecified atom stereocenters. The van der Waals surface area contributed by atoms with Crippen LogP contribution in [0.2, 0.25) is 0 Å². The van der Waals surface area contributed by atoms with Gasteiger partial charge in [-0.25, -0.2) is 0 Å². The van der Waals surface area contributed by atoms with E-state index >= 15 is 0 Å². The molecule has 3 saturated carbocycles. The van der Waals surface area contributed by atoms with E-state index in [1.54, 1.807) is 5.57 Å². The molecule has 46 heavy (non-hydrogen) atoms. The third-order valence-electron chi connectivity index (χ3n) is 12.5. The predicted molar refractivity (Wildman–Crippen MR) is 183 cm³/mol. The van der Waals surface area contributed by atoms with Crippen molar-refractivity contribution < 1.29 is 43.6 Å². The summed E-state index contributed by atoms with van der Waals surface area (Å²) in [6.07, 6.45) is 17.4. The molecule has 0 aromatic carbocycles. The van der Waals surface area contributed by atoms with Gasteiger partial charge in [0.1, 0.15) is 0 Å². The van der Waals surface area contributed by atoms with Crippen molar-refractivity contribution in [3.63, 3.8) is 0 Å². The highest BCUT2D eigenvalue weighted by Gasteiger charge is 2.59. The van der Waals surface area contributed by atoms with Crippen molar-refractivity contribution in [3.8, 4) is 0 Å². The summed E-state index contributed by atoms with van der Waals surface area (Å²) in [5.74, 6) is 5.15. The van der Waals surface area contributed by atoms with Gasteiger partial charge < -0.3 is 43.6 Å². The van der Waals surface area contributed by atoms with Crippen LogP contribution >= 0.6 is 16.8 Å². The lowest BCUT2D eigenvalue weighted by molar-refractivity contribution is -0.0692. The predicted octanol–water partition coefficient (Wildman–Crippen LogP) is 6.70. The summed E-state index contributed by atoms with van der Waals surface area (Å²) in [4.78, 5) is 36.7. The molecule has 3 fully saturated rings. The van der Waals surface area contributed by atoms with Gasteiger partial charge in [0.25, 0.3) is 0 Å². The Hall–Kier alpha value is 0.240. The molecule has 0 amide bonds. The third-order valence-corrected chi connectivity index (χ3v) is 15.1. The van der Waals surface area contributed by atoms with Gasteiger partial charge in [-0.3, -0.25) is 0 Å². The van der Waals surface area contributed by atoms with Gasteiger partial charge in [-0.1, -0.05) is 65.5 Å². The molecule has 0 bridgehead atoms. The van der Waals surface area contributed by atoms with Gasteiger partial charge in [0.2, 0.25) is 21.8 Å². The number of rotatable bonds is 19. The number of allylic oxidation sites excluding steroid dienone is 1. The van der Waals surface area contributed by atoms with E-state index in [9.17, 15) is 24.7 Å². The van der Waals surface area contributed by atoms with Gasteiger partial charge in [-0.15, -0.1) is 0 Å². The summed E-state index contributed by atoms with van der Waals surface area (Å²) < 4.78 is 22.5. The number of fused-ring (bicyclic) bond motifs is 5. The van der Waals surface area contributed by atoms with Crippen LogP contribution in [0.3, 0.4) is 0 Å². The molecule has 4 aliphatic rings. The van der Waals surface area contributed by atoms with Crippen molar-refractivity contribution in [2.75, 3.05) is 46.2 Å². The van der Waals surface area contributed by atoms with Crippen LogP contribution in [0.1, 0.15) is 105 Å². The highest BCUT2D eigenvalue weighted by atomic mass is 31.2. The number of ether oxygens (including phenoxy) is 4. The van der Waals surface area contributed by atoms with E-state index in [4.69, 9.17) is 18.9 Å². The summed E-state index contributed by atoms with van der Waals surface area (Å²) in [5, 5.41) is 7.41. The summed E-state index contributed by atoms with van der Waals surface area (Å²) >= 11 is 0. The van der Waals surface area contributed by atoms with Gasteiger partial charge in [0.05, 0.1) is 52.4 Å². The van der Waals surface area contributed by atoms with E-state index in [0.29, 0.717) is 37.3 Å². The van der Waals surface area contributed by atoms with Gasteiger partial charge in [0, 0.05) is 0 Å². The van der Waals surface area contributed by atoms with Gasteiger partial charge in [-0.05, 0) is 97.7 Å². The maximum atomic E-state index is 9.85. The molecular weight excluding hydrogens is 626 g/mol. The zero-order chi connectivity index (χ0) is 33.5. The summed E-state index contributed by atoms with van der Waals surface area (Å²) in [5.41, 5.74) is 2.52. The molecule has 0 heterocycles. The minimum absolute atomic E-state index is 0.0636. The fourth-order valence-corrected chi connectivity index (χ4v) is 11.0. The normalized spacial score (nSPS) is 33.7. The van der Waals surface area contributed by atoms with Gasteiger partial charge >= 0.3 is 0 Å². The van der Waals surface area contributed by atoms with Crippen LogP contribution in [0.25, 0.3) is 0 Å². The van der Waals surface area contributed by atoms with E-state index in [1.165, 1.54) is 57.8 Å². The Bertz CT molecular complexity index is 956. The highest BCUT2D eigenvalue weighted by molar-refractivity contribution is 7.65. The van der Waals surface area contributed by atoms with E-state index in [0.717, 1.165) is 48.3 Å². The van der Waals surface area contributed by atoms with E-state index < -0.39 is 28.4 Å². The summed E-state index contributed by atoms with van der Waals surface area (Å²) in [6, 6.07) is 0. The molecular formula is C35H64O9P2. The standard InChI is InChI=1S/C35H64O9P2/c1-25(2)7-6-8-26(3)30-11-12-31-29-10-9-27-23-28(13-15-33(27,4)32(29)14-16-34(30,31)5)44-22-21-42-18-17-41-19-20-43-24-35(36,45(37)38)46(39)40/h9,25-26,28-32,36-40H,6-8,10-24H2,1-5H3. The first-order valence-corrected chi connectivity index (χ1v) is 20.4. The van der Waals surface area contributed by atoms with Crippen LogP contribution in [0, 0.1) is 46.3 Å². The smallest absolute Gasteiger partial charge is 0.226 e. The first-order chi connectivity index (χ1) is 21.8. The summed E-state index contributed by atoms with van der Waals surface area (Å²) in [6.45, 7) is 14.1. The quantitative estimate of drug-likeness (QED) is 0.0570. The SMILES string of the molecule is CC(C)CCCC(C)C1CCC2C3CC=C4CC(OCCOCCOCCOCC(O)(P(O)O)P(O)O)CCC4(C)C3CCC12C. The Kier molecular flexibility index (Phi) is 14.8. The van der Waals surface area contributed by atoms with Crippen molar-refractivity contribution in [3.05, 3.63) is 11.6 Å². The second kappa shape index (κ2) is 17.4. The Balaban J connectivity index is 1.13. The molecule has 4 aliphatic carbocycles. The highest BCUT2D eigenvalue weighted by Crippen LogP contribution is 2.67. The van der Waals surface area contributed by atoms with E-state index in [1.807, 2.05) is 0 Å². The minimum atomic E-state index is -2.96. The van der Waals surface area contributed by atoms with Crippen LogP contribution in [-0.4, -0.2) is 82.1 Å². The van der Waals surface area contributed by atoms with Crippen molar-refractivity contribution in [2.24, 2.45) is 46.3 Å². The van der Waals surface area contributed by atoms with Crippen LogP contribution in [0.4, 0.5) is 0 Å². The molecule has 11 heteroatoms. The average molecular weight is 691 g/mol. The lowest BCUT2D eigenvalue weighted by Gasteiger charge is -2.58. The molecule has 4 rings (SSSR count). The molecule has 8 atom stereocenters. The Morgan fingerprint density at radius 3 is 2.13 bits per heavy atom. The molecule has 268 valence electrons. The molecule has 0 aliphatic heterocycles. The molecule has 9 nitrogen and oxygen atoms in total. The van der Waals surface area contributed by atoms with Crippen LogP contribution in [0.5, 0.6) is 0 Å². The van der Waals surface area contributed by atoms with Crippen molar-refractivity contribution in [1.82, 2.24) is 0 Å². The lowest BCUT2D eigenvalue weighted by Crippen LogP contribution is -2.51. The van der Waals surface area contributed by atoms with Crippen molar-refractivity contribution in [2.45, 2.75) is 116 Å². The zero-order valence-corrected chi connectivity index (χ0v) is 30.9. The fraction of sp³-hybridized carbons (Fsp3) is 0.943. The number of hydrogen-bond donors (Lipinski definition) is 5. The Morgan fingerprint density at radius 2 is 1.48 bits per heavy atom. The Morgan fingerprint density at radius 1 is 0.826 bits per heavy atom. The zero-order valence-electron chi connectivity index (χ0n) is 29.1. The van der Waals surface area contributed by atoms with Gasteiger partial charge in [-0.2, -0.15) is 0 Å². The molecule has 0 aromatic heterocycles. The molecule has 0 spiro atoms. The second-order valence-corrected chi connectivity index (χ2v) is 18.6. The Labute approximate surface area is 280 Å². The molecule has 0 radical (unpaired) electrons. The van der Waals surface area contributed by atoms with Crippen molar-refractivity contribution >= 4 is 16.8 Å².